The number of anilines is 1. The van der Waals surface area contributed by atoms with Crippen LogP contribution in [0.25, 0.3) is 0 Å². The fraction of sp³-hybridized carbons (Fsp3) is 0.471. The lowest BCUT2D eigenvalue weighted by molar-refractivity contribution is -0.137. The molecule has 0 fully saturated rings. The fourth-order valence-electron chi connectivity index (χ4n) is 2.71. The molecule has 1 aromatic carbocycles. The number of Topliss-reactive ketones (excluding diaryl/α,β-unsaturated/α-hetero) is 1. The zero-order valence-corrected chi connectivity index (χ0v) is 12.9. The van der Waals surface area contributed by atoms with Crippen molar-refractivity contribution >= 4 is 17.4 Å². The molecule has 4 nitrogen and oxygen atoms in total. The fourth-order valence-corrected chi connectivity index (χ4v) is 2.71. The van der Waals surface area contributed by atoms with Crippen LogP contribution >= 0.6 is 0 Å². The molecule has 110 valence electrons. The van der Waals surface area contributed by atoms with E-state index >= 15 is 0 Å². The Morgan fingerprint density at radius 3 is 2.57 bits per heavy atom. The van der Waals surface area contributed by atoms with Gasteiger partial charge in [0.1, 0.15) is 5.41 Å². The molecule has 1 atom stereocenters. The van der Waals surface area contributed by atoms with Gasteiger partial charge in [-0.05, 0) is 49.9 Å². The summed E-state index contributed by atoms with van der Waals surface area (Å²) < 4.78 is 0. The topological polar surface area (TPSA) is 70.0 Å². The number of ketones is 1. The molecule has 21 heavy (non-hydrogen) atoms. The molecule has 1 heterocycles. The Balaban J connectivity index is 2.62. The molecular weight excluding hydrogens is 264 g/mol. The van der Waals surface area contributed by atoms with Crippen molar-refractivity contribution in [3.05, 3.63) is 29.3 Å². The summed E-state index contributed by atoms with van der Waals surface area (Å²) >= 11 is 0. The van der Waals surface area contributed by atoms with Crippen LogP contribution < -0.4 is 5.32 Å². The molecule has 1 amide bonds. The highest BCUT2D eigenvalue weighted by molar-refractivity contribution is 6.15. The first-order chi connectivity index (χ1) is 9.77. The molecule has 0 aromatic heterocycles. The monoisotopic (exact) mass is 284 g/mol. The van der Waals surface area contributed by atoms with E-state index in [1.807, 2.05) is 13.8 Å². The van der Waals surface area contributed by atoms with E-state index in [-0.39, 0.29) is 17.6 Å². The third kappa shape index (κ3) is 2.69. The molecule has 0 radical (unpaired) electrons. The Labute approximate surface area is 125 Å². The van der Waals surface area contributed by atoms with Gasteiger partial charge in [-0.1, -0.05) is 13.8 Å². The van der Waals surface area contributed by atoms with Gasteiger partial charge < -0.3 is 5.32 Å². The Morgan fingerprint density at radius 2 is 2.00 bits per heavy atom. The number of nitrogens with zero attached hydrogens (tertiary/aromatic N) is 1. The highest BCUT2D eigenvalue weighted by Crippen LogP contribution is 2.40. The Morgan fingerprint density at radius 1 is 1.33 bits per heavy atom. The first-order valence-electron chi connectivity index (χ1n) is 7.17. The summed E-state index contributed by atoms with van der Waals surface area (Å²) in [6.07, 6.45) is 0.666. The van der Waals surface area contributed by atoms with Gasteiger partial charge >= 0.3 is 0 Å². The van der Waals surface area contributed by atoms with Crippen LogP contribution in [-0.2, 0) is 9.59 Å². The molecular formula is C17H20N2O2. The molecule has 1 N–H and O–H groups in total. The molecule has 1 aromatic rings. The minimum Gasteiger partial charge on any atom is -0.325 e. The average Bonchev–Trinajstić information content (AvgIpc) is 2.49. The molecule has 0 saturated carbocycles. The predicted molar refractivity (Wildman–Crippen MR) is 80.8 cm³/mol. The first-order valence-corrected chi connectivity index (χ1v) is 7.17. The maximum atomic E-state index is 12.8. The molecule has 1 unspecified atom stereocenters. The molecule has 2 rings (SSSR count). The maximum absolute atomic E-state index is 12.8. The standard InChI is InChI=1S/C17H20N2O2/c1-10(2)7-13-12-8-11(9-18)5-6-14(12)19-16(21)17(3,4)15(13)20/h5-6,8,10,13H,7H2,1-4H3,(H,19,21). The second-order valence-electron chi connectivity index (χ2n) is 6.54. The van der Waals surface area contributed by atoms with Crippen molar-refractivity contribution in [2.45, 2.75) is 40.0 Å². The Bertz CT molecular complexity index is 639. The van der Waals surface area contributed by atoms with E-state index in [4.69, 9.17) is 5.26 Å². The number of benzene rings is 1. The average molecular weight is 284 g/mol. The number of rotatable bonds is 2. The van der Waals surface area contributed by atoms with Crippen molar-refractivity contribution in [3.63, 3.8) is 0 Å². The number of fused-ring (bicyclic) bond motifs is 1. The molecule has 4 heteroatoms. The molecule has 0 aliphatic carbocycles. The summed E-state index contributed by atoms with van der Waals surface area (Å²) in [4.78, 5) is 25.1. The van der Waals surface area contributed by atoms with Gasteiger partial charge in [0.15, 0.2) is 5.78 Å². The summed E-state index contributed by atoms with van der Waals surface area (Å²) in [6.45, 7) is 7.42. The summed E-state index contributed by atoms with van der Waals surface area (Å²) in [5.41, 5.74) is 0.838. The summed E-state index contributed by atoms with van der Waals surface area (Å²) in [5.74, 6) is -0.406. The number of nitrogens with one attached hydrogen (secondary N) is 1. The van der Waals surface area contributed by atoms with Crippen molar-refractivity contribution in [2.24, 2.45) is 11.3 Å². The second-order valence-corrected chi connectivity index (χ2v) is 6.54. The maximum Gasteiger partial charge on any atom is 0.237 e. The second kappa shape index (κ2) is 5.33. The SMILES string of the molecule is CC(C)CC1C(=O)C(C)(C)C(=O)Nc2ccc(C#N)cc21. The van der Waals surface area contributed by atoms with Crippen LogP contribution in [0, 0.1) is 22.7 Å². The van der Waals surface area contributed by atoms with Crippen molar-refractivity contribution in [1.82, 2.24) is 0 Å². The largest absolute Gasteiger partial charge is 0.325 e. The molecule has 1 aliphatic rings. The van der Waals surface area contributed by atoms with Gasteiger partial charge in [0.25, 0.3) is 0 Å². The van der Waals surface area contributed by atoms with E-state index in [0.29, 0.717) is 23.6 Å². The molecule has 0 bridgehead atoms. The van der Waals surface area contributed by atoms with E-state index in [1.165, 1.54) is 0 Å². The summed E-state index contributed by atoms with van der Waals surface area (Å²) in [7, 11) is 0. The third-order valence-corrected chi connectivity index (χ3v) is 4.01. The number of hydrogen-bond acceptors (Lipinski definition) is 3. The molecule has 0 spiro atoms. The van der Waals surface area contributed by atoms with Crippen molar-refractivity contribution in [2.75, 3.05) is 5.32 Å². The third-order valence-electron chi connectivity index (χ3n) is 4.01. The first kappa shape index (κ1) is 15.2. The quantitative estimate of drug-likeness (QED) is 0.847. The molecule has 1 aliphatic heterocycles. The smallest absolute Gasteiger partial charge is 0.237 e. The summed E-state index contributed by atoms with van der Waals surface area (Å²) in [6, 6.07) is 7.20. The van der Waals surface area contributed by atoms with Crippen LogP contribution in [0.4, 0.5) is 5.69 Å². The van der Waals surface area contributed by atoms with Gasteiger partial charge in [-0.2, -0.15) is 5.26 Å². The zero-order chi connectivity index (χ0) is 15.8. The minimum absolute atomic E-state index is 0.0810. The van der Waals surface area contributed by atoms with Crippen LogP contribution in [0.5, 0.6) is 0 Å². The lowest BCUT2D eigenvalue weighted by Crippen LogP contribution is -2.38. The van der Waals surface area contributed by atoms with Crippen molar-refractivity contribution in [1.29, 1.82) is 5.26 Å². The Kier molecular flexibility index (Phi) is 3.87. The number of carbonyl (C=O) groups is 2. The van der Waals surface area contributed by atoms with E-state index in [2.05, 4.69) is 11.4 Å². The highest BCUT2D eigenvalue weighted by atomic mass is 16.2. The predicted octanol–water partition coefficient (Wildman–Crippen LogP) is 3.24. The highest BCUT2D eigenvalue weighted by Gasteiger charge is 2.44. The van der Waals surface area contributed by atoms with Crippen LogP contribution in [0.15, 0.2) is 18.2 Å². The lowest BCUT2D eigenvalue weighted by atomic mass is 9.76. The zero-order valence-electron chi connectivity index (χ0n) is 12.9. The minimum atomic E-state index is -1.06. The number of hydrogen-bond donors (Lipinski definition) is 1. The van der Waals surface area contributed by atoms with Gasteiger partial charge in [-0.25, -0.2) is 0 Å². The van der Waals surface area contributed by atoms with Crippen molar-refractivity contribution in [3.8, 4) is 6.07 Å². The van der Waals surface area contributed by atoms with Gasteiger partial charge in [-0.3, -0.25) is 9.59 Å². The van der Waals surface area contributed by atoms with Gasteiger partial charge in [-0.15, -0.1) is 0 Å². The van der Waals surface area contributed by atoms with Gasteiger partial charge in [0, 0.05) is 11.6 Å². The van der Waals surface area contributed by atoms with E-state index < -0.39 is 5.41 Å². The van der Waals surface area contributed by atoms with Gasteiger partial charge in [0.2, 0.25) is 5.91 Å². The lowest BCUT2D eigenvalue weighted by Gasteiger charge is -2.24. The summed E-state index contributed by atoms with van der Waals surface area (Å²) in [5, 5.41) is 11.9. The number of nitriles is 1. The van der Waals surface area contributed by atoms with Crippen LogP contribution in [0.2, 0.25) is 0 Å². The van der Waals surface area contributed by atoms with Crippen LogP contribution in [0.1, 0.15) is 51.2 Å². The van der Waals surface area contributed by atoms with Crippen LogP contribution in [0.3, 0.4) is 0 Å². The number of amides is 1. The van der Waals surface area contributed by atoms with Crippen LogP contribution in [-0.4, -0.2) is 11.7 Å². The van der Waals surface area contributed by atoms with Crippen molar-refractivity contribution < 1.29 is 9.59 Å². The normalized spacial score (nSPS) is 20.5. The molecule has 0 saturated heterocycles. The van der Waals surface area contributed by atoms with Gasteiger partial charge in [0.05, 0.1) is 11.6 Å². The van der Waals surface area contributed by atoms with E-state index in [0.717, 1.165) is 5.56 Å². The van der Waals surface area contributed by atoms with E-state index in [9.17, 15) is 9.59 Å². The number of carbonyl (C=O) groups excluding carboxylic acids is 2. The Hall–Kier alpha value is -2.15. The van der Waals surface area contributed by atoms with E-state index in [1.54, 1.807) is 32.0 Å².